The molecule has 0 fully saturated rings. The van der Waals surface area contributed by atoms with E-state index in [1.165, 1.54) is 11.3 Å². The summed E-state index contributed by atoms with van der Waals surface area (Å²) in [6.07, 6.45) is 5.44. The van der Waals surface area contributed by atoms with Crippen LogP contribution in [0.15, 0.2) is 24.3 Å². The second kappa shape index (κ2) is 9.91. The van der Waals surface area contributed by atoms with Crippen LogP contribution in [-0.4, -0.2) is 30.5 Å². The maximum absolute atomic E-state index is 12.9. The summed E-state index contributed by atoms with van der Waals surface area (Å²) in [5.74, 6) is 0.775. The molecule has 0 saturated heterocycles. The molecular weight excluding hydrogens is 382 g/mol. The van der Waals surface area contributed by atoms with Crippen molar-refractivity contribution in [2.75, 3.05) is 19.0 Å². The number of hydrogen-bond acceptors (Lipinski definition) is 5. The predicted molar refractivity (Wildman–Crippen MR) is 117 cm³/mol. The number of amides is 1. The fraction of sp³-hybridized carbons (Fsp3) is 0.478. The zero-order valence-electron chi connectivity index (χ0n) is 17.5. The molecule has 1 aromatic heterocycles. The van der Waals surface area contributed by atoms with E-state index in [4.69, 9.17) is 4.74 Å². The molecule has 1 amide bonds. The van der Waals surface area contributed by atoms with Crippen LogP contribution in [-0.2, 0) is 24.2 Å². The molecule has 29 heavy (non-hydrogen) atoms. The number of nitrogens with one attached hydrogen (secondary N) is 1. The van der Waals surface area contributed by atoms with E-state index >= 15 is 0 Å². The number of nitrogens with zero attached hydrogens (tertiary/aromatic N) is 2. The number of likely N-dealkylation sites (N-methyl/N-ethyl adjacent to an activating group) is 1. The normalized spacial score (nSPS) is 14.6. The Bertz CT molecular complexity index is 883. The van der Waals surface area contributed by atoms with Gasteiger partial charge in [0.25, 0.3) is 0 Å². The number of anilines is 1. The molecule has 1 aliphatic rings. The second-order valence-corrected chi connectivity index (χ2v) is 8.64. The molecule has 0 radical (unpaired) electrons. The van der Waals surface area contributed by atoms with Crippen molar-refractivity contribution in [2.45, 2.75) is 58.5 Å². The number of carbonyl (C=O) groups excluding carboxylic acids is 1. The number of aryl methyl sites for hydroxylation is 1. The maximum Gasteiger partial charge on any atom is 0.242 e. The lowest BCUT2D eigenvalue weighted by Crippen LogP contribution is -2.39. The third-order valence-corrected chi connectivity index (χ3v) is 6.68. The van der Waals surface area contributed by atoms with Gasteiger partial charge in [-0.25, -0.2) is 0 Å². The van der Waals surface area contributed by atoms with Crippen LogP contribution >= 0.6 is 11.3 Å². The van der Waals surface area contributed by atoms with Crippen LogP contribution in [0.25, 0.3) is 0 Å². The minimum atomic E-state index is -0.310. The van der Waals surface area contributed by atoms with Crippen molar-refractivity contribution in [1.82, 2.24) is 4.90 Å². The van der Waals surface area contributed by atoms with Crippen LogP contribution < -0.4 is 10.1 Å². The molecule has 0 spiro atoms. The molecule has 1 aromatic carbocycles. The smallest absolute Gasteiger partial charge is 0.242 e. The van der Waals surface area contributed by atoms with E-state index in [0.29, 0.717) is 23.7 Å². The summed E-state index contributed by atoms with van der Waals surface area (Å²) in [4.78, 5) is 16.1. The van der Waals surface area contributed by atoms with E-state index in [0.717, 1.165) is 42.6 Å². The molecule has 0 saturated carbocycles. The fourth-order valence-corrected chi connectivity index (χ4v) is 4.89. The van der Waals surface area contributed by atoms with E-state index in [1.54, 1.807) is 11.3 Å². The Morgan fingerprint density at radius 1 is 1.28 bits per heavy atom. The number of benzene rings is 1. The largest absolute Gasteiger partial charge is 0.494 e. The Morgan fingerprint density at radius 2 is 2.00 bits per heavy atom. The zero-order chi connectivity index (χ0) is 20.8. The predicted octanol–water partition coefficient (Wildman–Crippen LogP) is 4.75. The Labute approximate surface area is 177 Å². The number of thiophene rings is 1. The van der Waals surface area contributed by atoms with Gasteiger partial charge in [-0.05, 0) is 69.8 Å². The minimum absolute atomic E-state index is 0.0775. The van der Waals surface area contributed by atoms with Crippen LogP contribution in [0.1, 0.15) is 54.7 Å². The van der Waals surface area contributed by atoms with Crippen molar-refractivity contribution in [3.05, 3.63) is 45.8 Å². The monoisotopic (exact) mass is 411 g/mol. The summed E-state index contributed by atoms with van der Waals surface area (Å²) in [6, 6.07) is 9.98. The average molecular weight is 412 g/mol. The van der Waals surface area contributed by atoms with Crippen molar-refractivity contribution < 1.29 is 9.53 Å². The van der Waals surface area contributed by atoms with Crippen molar-refractivity contribution in [3.8, 4) is 11.8 Å². The first-order valence-electron chi connectivity index (χ1n) is 10.3. The Balaban J connectivity index is 1.65. The number of carbonyl (C=O) groups is 1. The van der Waals surface area contributed by atoms with Gasteiger partial charge < -0.3 is 10.1 Å². The van der Waals surface area contributed by atoms with Gasteiger partial charge in [0.15, 0.2) is 0 Å². The number of nitriles is 1. The zero-order valence-corrected chi connectivity index (χ0v) is 18.3. The first kappa shape index (κ1) is 21.4. The summed E-state index contributed by atoms with van der Waals surface area (Å²) < 4.78 is 5.48. The molecule has 0 bridgehead atoms. The van der Waals surface area contributed by atoms with Crippen molar-refractivity contribution in [2.24, 2.45) is 0 Å². The molecule has 2 aromatic rings. The summed E-state index contributed by atoms with van der Waals surface area (Å²) in [7, 11) is 1.94. The molecule has 6 heteroatoms. The summed E-state index contributed by atoms with van der Waals surface area (Å²) in [5.41, 5.74) is 2.94. The minimum Gasteiger partial charge on any atom is -0.494 e. The second-order valence-electron chi connectivity index (χ2n) is 7.54. The van der Waals surface area contributed by atoms with Gasteiger partial charge in [0.1, 0.15) is 16.8 Å². The highest BCUT2D eigenvalue weighted by molar-refractivity contribution is 7.16. The van der Waals surface area contributed by atoms with Gasteiger partial charge in [0.05, 0.1) is 18.2 Å². The van der Waals surface area contributed by atoms with Crippen molar-refractivity contribution in [3.63, 3.8) is 0 Å². The van der Waals surface area contributed by atoms with Crippen LogP contribution in [0.5, 0.6) is 5.75 Å². The highest BCUT2D eigenvalue weighted by Gasteiger charge is 2.24. The number of fused-ring (bicyclic) bond motifs is 1. The van der Waals surface area contributed by atoms with Crippen LogP contribution in [0, 0.1) is 11.3 Å². The topological polar surface area (TPSA) is 65.4 Å². The Hall–Kier alpha value is -2.36. The Kier molecular flexibility index (Phi) is 7.29. The Morgan fingerprint density at radius 3 is 2.69 bits per heavy atom. The number of ether oxygens (including phenoxy) is 1. The first-order valence-corrected chi connectivity index (χ1v) is 11.1. The number of hydrogen-bond donors (Lipinski definition) is 1. The third-order valence-electron chi connectivity index (χ3n) is 5.48. The molecule has 1 heterocycles. The molecule has 0 unspecified atom stereocenters. The lowest BCUT2D eigenvalue weighted by atomic mass is 10.1. The lowest BCUT2D eigenvalue weighted by Gasteiger charge is -2.24. The maximum atomic E-state index is 12.9. The molecule has 5 nitrogen and oxygen atoms in total. The summed E-state index contributed by atoms with van der Waals surface area (Å²) >= 11 is 1.58. The van der Waals surface area contributed by atoms with E-state index in [2.05, 4.69) is 11.4 Å². The number of rotatable bonds is 7. The van der Waals surface area contributed by atoms with Gasteiger partial charge in [-0.2, -0.15) is 5.26 Å². The van der Waals surface area contributed by atoms with Gasteiger partial charge in [0, 0.05) is 11.4 Å². The van der Waals surface area contributed by atoms with E-state index < -0.39 is 0 Å². The van der Waals surface area contributed by atoms with E-state index in [-0.39, 0.29) is 11.9 Å². The first-order chi connectivity index (χ1) is 14.0. The average Bonchev–Trinajstić information content (AvgIpc) is 2.87. The third kappa shape index (κ3) is 5.17. The van der Waals surface area contributed by atoms with Gasteiger partial charge in [-0.1, -0.05) is 18.6 Å². The van der Waals surface area contributed by atoms with Crippen molar-refractivity contribution >= 4 is 22.2 Å². The van der Waals surface area contributed by atoms with E-state index in [9.17, 15) is 10.1 Å². The molecule has 0 aliphatic heterocycles. The van der Waals surface area contributed by atoms with Crippen LogP contribution in [0.2, 0.25) is 0 Å². The molecule has 154 valence electrons. The quantitative estimate of drug-likeness (QED) is 0.668. The van der Waals surface area contributed by atoms with Gasteiger partial charge >= 0.3 is 0 Å². The summed E-state index contributed by atoms with van der Waals surface area (Å²) in [5, 5.41) is 13.4. The van der Waals surface area contributed by atoms with Gasteiger partial charge in [-0.3, -0.25) is 9.69 Å². The van der Waals surface area contributed by atoms with Crippen LogP contribution in [0.3, 0.4) is 0 Å². The van der Waals surface area contributed by atoms with Gasteiger partial charge in [0.2, 0.25) is 5.91 Å². The SMILES string of the molecule is CCOc1ccc(CN(C)[C@@H](C)C(=O)Nc2sc3c(c2C#N)CCCCC3)cc1. The molecule has 1 atom stereocenters. The highest BCUT2D eigenvalue weighted by Crippen LogP contribution is 2.37. The van der Waals surface area contributed by atoms with Crippen LogP contribution in [0.4, 0.5) is 5.00 Å². The lowest BCUT2D eigenvalue weighted by molar-refractivity contribution is -0.120. The van der Waals surface area contributed by atoms with Gasteiger partial charge in [-0.15, -0.1) is 11.3 Å². The molecular formula is C23H29N3O2S. The summed E-state index contributed by atoms with van der Waals surface area (Å²) in [6.45, 7) is 5.17. The highest BCUT2D eigenvalue weighted by atomic mass is 32.1. The fourth-order valence-electron chi connectivity index (χ4n) is 3.65. The van der Waals surface area contributed by atoms with E-state index in [1.807, 2.05) is 50.1 Å². The van der Waals surface area contributed by atoms with Crippen molar-refractivity contribution in [1.29, 1.82) is 5.26 Å². The molecule has 1 N–H and O–H groups in total. The standard InChI is InChI=1S/C23H29N3O2S/c1-4-28-18-12-10-17(11-13-18)15-26(3)16(2)22(27)25-23-20(14-24)19-8-6-5-7-9-21(19)29-23/h10-13,16H,4-9,15H2,1-3H3,(H,25,27)/t16-/m0/s1. The molecule has 1 aliphatic carbocycles. The molecule has 3 rings (SSSR count).